The highest BCUT2D eigenvalue weighted by molar-refractivity contribution is 5.74. The summed E-state index contributed by atoms with van der Waals surface area (Å²) in [7, 11) is 3.14. The van der Waals surface area contributed by atoms with Crippen molar-refractivity contribution in [1.82, 2.24) is 0 Å². The first-order chi connectivity index (χ1) is 16.0. The first-order valence-electron chi connectivity index (χ1n) is 11.3. The van der Waals surface area contributed by atoms with E-state index in [9.17, 15) is 14.9 Å². The van der Waals surface area contributed by atoms with E-state index in [1.165, 1.54) is 32.1 Å². The number of carbonyl (C=O) groups is 1. The third kappa shape index (κ3) is 5.21. The van der Waals surface area contributed by atoms with Crippen molar-refractivity contribution in [1.29, 1.82) is 0 Å². The average molecular weight is 456 g/mol. The summed E-state index contributed by atoms with van der Waals surface area (Å²) in [5, 5.41) is 11.2. The zero-order chi connectivity index (χ0) is 23.4. The molecule has 1 heterocycles. The summed E-state index contributed by atoms with van der Waals surface area (Å²) in [6.07, 6.45) is 5.51. The molecule has 33 heavy (non-hydrogen) atoms. The molecule has 0 spiro atoms. The van der Waals surface area contributed by atoms with Gasteiger partial charge in [-0.2, -0.15) is 0 Å². The lowest BCUT2D eigenvalue weighted by molar-refractivity contribution is -0.384. The van der Waals surface area contributed by atoms with Gasteiger partial charge in [-0.3, -0.25) is 14.9 Å². The van der Waals surface area contributed by atoms with E-state index in [4.69, 9.17) is 18.9 Å². The maximum Gasteiger partial charge on any atom is 0.309 e. The van der Waals surface area contributed by atoms with Crippen LogP contribution in [-0.2, 0) is 16.0 Å². The number of hydrogen-bond donors (Lipinski definition) is 0. The minimum atomic E-state index is -0.450. The molecule has 0 bridgehead atoms. The highest BCUT2D eigenvalue weighted by Crippen LogP contribution is 2.38. The van der Waals surface area contributed by atoms with Gasteiger partial charge in [0.05, 0.1) is 37.8 Å². The summed E-state index contributed by atoms with van der Waals surface area (Å²) >= 11 is 0. The molecule has 4 rings (SSSR count). The highest BCUT2D eigenvalue weighted by atomic mass is 16.6. The summed E-state index contributed by atoms with van der Waals surface area (Å²) in [6, 6.07) is 10.3. The molecule has 8 heteroatoms. The van der Waals surface area contributed by atoms with Crippen LogP contribution in [0.25, 0.3) is 0 Å². The number of esters is 1. The standard InChI is InChI=1S/C25H29NO7/c1-30-22-10-8-20(26(28)29)13-17(22)11-18-12-19(15-32-25(18)27)16-7-9-23(31-2)24(14-16)33-21-5-3-4-6-21/h7-10,13-14,18-19,21H,3-6,11-12,15H2,1-2H3/t18?,19-/m1/s1. The van der Waals surface area contributed by atoms with Crippen molar-refractivity contribution >= 4 is 11.7 Å². The SMILES string of the molecule is COc1ccc([N+](=O)[O-])cc1CC1C[C@@H](c2ccc(OC)c(OC3CCCC3)c2)COC1=O. The van der Waals surface area contributed by atoms with Gasteiger partial charge in [0.25, 0.3) is 5.69 Å². The molecule has 2 fully saturated rings. The normalized spacial score (nSPS) is 20.8. The first kappa shape index (κ1) is 22.9. The van der Waals surface area contributed by atoms with Crippen molar-refractivity contribution in [2.45, 2.75) is 50.5 Å². The first-order valence-corrected chi connectivity index (χ1v) is 11.3. The zero-order valence-corrected chi connectivity index (χ0v) is 19.0. The van der Waals surface area contributed by atoms with Gasteiger partial charge in [0, 0.05) is 23.6 Å². The fourth-order valence-corrected chi connectivity index (χ4v) is 4.74. The van der Waals surface area contributed by atoms with Gasteiger partial charge >= 0.3 is 5.97 Å². The Morgan fingerprint density at radius 3 is 2.45 bits per heavy atom. The number of nitro groups is 1. The molecule has 1 aliphatic carbocycles. The molecule has 2 atom stereocenters. The number of ether oxygens (including phenoxy) is 4. The van der Waals surface area contributed by atoms with Crippen LogP contribution in [0.1, 0.15) is 49.1 Å². The van der Waals surface area contributed by atoms with Crippen LogP contribution in [0.3, 0.4) is 0 Å². The molecule has 2 aromatic carbocycles. The van der Waals surface area contributed by atoms with Gasteiger partial charge in [-0.05, 0) is 62.3 Å². The number of benzene rings is 2. The fourth-order valence-electron chi connectivity index (χ4n) is 4.74. The molecule has 1 saturated carbocycles. The molecule has 0 aromatic heterocycles. The van der Waals surface area contributed by atoms with E-state index in [-0.39, 0.29) is 30.3 Å². The Morgan fingerprint density at radius 1 is 1.03 bits per heavy atom. The van der Waals surface area contributed by atoms with Crippen molar-refractivity contribution in [3.8, 4) is 17.2 Å². The monoisotopic (exact) mass is 455 g/mol. The van der Waals surface area contributed by atoms with E-state index >= 15 is 0 Å². The van der Waals surface area contributed by atoms with Crippen LogP contribution in [-0.4, -0.2) is 37.8 Å². The number of non-ortho nitro benzene ring substituents is 1. The van der Waals surface area contributed by atoms with E-state index in [1.807, 2.05) is 18.2 Å². The predicted octanol–water partition coefficient (Wildman–Crippen LogP) is 4.82. The maximum atomic E-state index is 12.5. The lowest BCUT2D eigenvalue weighted by Gasteiger charge is -2.29. The molecule has 1 saturated heterocycles. The van der Waals surface area contributed by atoms with E-state index in [0.29, 0.717) is 29.9 Å². The van der Waals surface area contributed by atoms with E-state index < -0.39 is 10.8 Å². The Hall–Kier alpha value is -3.29. The second kappa shape index (κ2) is 10.1. The topological polar surface area (TPSA) is 97.1 Å². The number of carbonyl (C=O) groups excluding carboxylic acids is 1. The molecule has 0 radical (unpaired) electrons. The number of rotatable bonds is 8. The molecule has 1 unspecified atom stereocenters. The highest BCUT2D eigenvalue weighted by Gasteiger charge is 2.33. The summed E-state index contributed by atoms with van der Waals surface area (Å²) in [6.45, 7) is 0.288. The molecule has 0 N–H and O–H groups in total. The van der Waals surface area contributed by atoms with Gasteiger partial charge in [-0.15, -0.1) is 0 Å². The number of nitro benzene ring substituents is 1. The van der Waals surface area contributed by atoms with Crippen molar-refractivity contribution in [3.05, 3.63) is 57.6 Å². The third-order valence-electron chi connectivity index (χ3n) is 6.53. The smallest absolute Gasteiger partial charge is 0.309 e. The largest absolute Gasteiger partial charge is 0.496 e. The number of hydrogen-bond acceptors (Lipinski definition) is 7. The maximum absolute atomic E-state index is 12.5. The summed E-state index contributed by atoms with van der Waals surface area (Å²) < 4.78 is 22.6. The van der Waals surface area contributed by atoms with Crippen LogP contribution in [0.15, 0.2) is 36.4 Å². The molecule has 0 amide bonds. The zero-order valence-electron chi connectivity index (χ0n) is 19.0. The van der Waals surface area contributed by atoms with Gasteiger partial charge in [-0.1, -0.05) is 6.07 Å². The van der Waals surface area contributed by atoms with Gasteiger partial charge in [0.1, 0.15) is 5.75 Å². The summed E-state index contributed by atoms with van der Waals surface area (Å²) in [5.41, 5.74) is 1.61. The van der Waals surface area contributed by atoms with Crippen molar-refractivity contribution in [2.75, 3.05) is 20.8 Å². The third-order valence-corrected chi connectivity index (χ3v) is 6.53. The van der Waals surface area contributed by atoms with Gasteiger partial charge in [0.15, 0.2) is 11.5 Å². The summed E-state index contributed by atoms with van der Waals surface area (Å²) in [5.74, 6) is 1.20. The fraction of sp³-hybridized carbons (Fsp3) is 0.480. The van der Waals surface area contributed by atoms with Crippen LogP contribution in [0.5, 0.6) is 17.2 Å². The lowest BCUT2D eigenvalue weighted by Crippen LogP contribution is -2.31. The van der Waals surface area contributed by atoms with E-state index in [2.05, 4.69) is 0 Å². The van der Waals surface area contributed by atoms with Crippen LogP contribution >= 0.6 is 0 Å². The minimum absolute atomic E-state index is 0.00535. The molecule has 1 aliphatic heterocycles. The minimum Gasteiger partial charge on any atom is -0.496 e. The molecule has 8 nitrogen and oxygen atoms in total. The van der Waals surface area contributed by atoms with E-state index in [1.54, 1.807) is 13.2 Å². The second-order valence-electron chi connectivity index (χ2n) is 8.65. The van der Waals surface area contributed by atoms with Crippen LogP contribution in [0, 0.1) is 16.0 Å². The Labute approximate surface area is 192 Å². The Kier molecular flexibility index (Phi) is 7.01. The molecule has 176 valence electrons. The van der Waals surface area contributed by atoms with Crippen LogP contribution in [0.4, 0.5) is 5.69 Å². The van der Waals surface area contributed by atoms with Crippen LogP contribution < -0.4 is 14.2 Å². The van der Waals surface area contributed by atoms with Gasteiger partial charge in [0.2, 0.25) is 0 Å². The van der Waals surface area contributed by atoms with E-state index in [0.717, 1.165) is 24.2 Å². The molecular formula is C25H29NO7. The van der Waals surface area contributed by atoms with Crippen molar-refractivity contribution in [2.24, 2.45) is 5.92 Å². The molecular weight excluding hydrogens is 426 g/mol. The Balaban J connectivity index is 1.54. The quantitative estimate of drug-likeness (QED) is 0.320. The van der Waals surface area contributed by atoms with Crippen molar-refractivity contribution < 1.29 is 28.7 Å². The van der Waals surface area contributed by atoms with Crippen molar-refractivity contribution in [3.63, 3.8) is 0 Å². The number of cyclic esters (lactones) is 1. The predicted molar refractivity (Wildman–Crippen MR) is 121 cm³/mol. The van der Waals surface area contributed by atoms with Gasteiger partial charge in [-0.25, -0.2) is 0 Å². The number of methoxy groups -OCH3 is 2. The van der Waals surface area contributed by atoms with Gasteiger partial charge < -0.3 is 18.9 Å². The Morgan fingerprint density at radius 2 is 1.76 bits per heavy atom. The Bertz CT molecular complexity index is 1020. The molecule has 2 aromatic rings. The average Bonchev–Trinajstić information content (AvgIpc) is 3.33. The number of nitrogens with zero attached hydrogens (tertiary/aromatic N) is 1. The van der Waals surface area contributed by atoms with Crippen LogP contribution in [0.2, 0.25) is 0 Å². The summed E-state index contributed by atoms with van der Waals surface area (Å²) in [4.78, 5) is 23.3. The lowest BCUT2D eigenvalue weighted by atomic mass is 9.84. The second-order valence-corrected chi connectivity index (χ2v) is 8.65. The molecule has 2 aliphatic rings.